The van der Waals surface area contributed by atoms with Crippen LogP contribution in [0.3, 0.4) is 0 Å². The molecule has 3 rings (SSSR count). The van der Waals surface area contributed by atoms with Crippen LogP contribution in [0.4, 0.5) is 0 Å². The summed E-state index contributed by atoms with van der Waals surface area (Å²) in [7, 11) is 0. The van der Waals surface area contributed by atoms with Gasteiger partial charge in [-0.05, 0) is 69.6 Å². The molecular formula is C22H31N3O2S. The lowest BCUT2D eigenvalue weighted by molar-refractivity contribution is 0.299. The number of hydrogen-bond donors (Lipinski definition) is 2. The molecule has 1 aliphatic carbocycles. The summed E-state index contributed by atoms with van der Waals surface area (Å²) in [5, 5.41) is 5.17. The van der Waals surface area contributed by atoms with Gasteiger partial charge in [-0.3, -0.25) is 4.79 Å². The van der Waals surface area contributed by atoms with E-state index in [4.69, 9.17) is 17.0 Å². The van der Waals surface area contributed by atoms with Gasteiger partial charge in [0.15, 0.2) is 5.11 Å². The van der Waals surface area contributed by atoms with Crippen molar-refractivity contribution >= 4 is 28.2 Å². The minimum atomic E-state index is -0.0500. The highest BCUT2D eigenvalue weighted by Gasteiger charge is 2.26. The molecular weight excluding hydrogens is 370 g/mol. The molecule has 0 saturated heterocycles. The summed E-state index contributed by atoms with van der Waals surface area (Å²) in [6, 6.07) is 8.46. The molecule has 152 valence electrons. The Morgan fingerprint density at radius 3 is 2.75 bits per heavy atom. The van der Waals surface area contributed by atoms with Gasteiger partial charge in [0.1, 0.15) is 5.75 Å². The van der Waals surface area contributed by atoms with Gasteiger partial charge in [-0.15, -0.1) is 0 Å². The number of benzene rings is 1. The lowest BCUT2D eigenvalue weighted by Gasteiger charge is -2.33. The Bertz CT molecular complexity index is 874. The second-order valence-corrected chi connectivity index (χ2v) is 8.02. The first-order valence-corrected chi connectivity index (χ1v) is 10.8. The first-order valence-electron chi connectivity index (χ1n) is 10.4. The number of rotatable bonds is 7. The van der Waals surface area contributed by atoms with E-state index in [9.17, 15) is 4.79 Å². The average molecular weight is 402 g/mol. The van der Waals surface area contributed by atoms with Crippen molar-refractivity contribution in [1.82, 2.24) is 15.2 Å². The van der Waals surface area contributed by atoms with E-state index in [0.29, 0.717) is 25.2 Å². The van der Waals surface area contributed by atoms with Crippen molar-refractivity contribution in [1.29, 1.82) is 0 Å². The maximum absolute atomic E-state index is 12.7. The van der Waals surface area contributed by atoms with Crippen LogP contribution in [-0.4, -0.2) is 33.7 Å². The van der Waals surface area contributed by atoms with E-state index in [0.717, 1.165) is 46.6 Å². The van der Waals surface area contributed by atoms with Crippen LogP contribution >= 0.6 is 12.2 Å². The van der Waals surface area contributed by atoms with Gasteiger partial charge in [0.25, 0.3) is 5.56 Å². The van der Waals surface area contributed by atoms with Crippen molar-refractivity contribution < 1.29 is 4.74 Å². The van der Waals surface area contributed by atoms with Gasteiger partial charge in [0.05, 0.1) is 13.2 Å². The average Bonchev–Trinajstić information content (AvgIpc) is 3.20. The summed E-state index contributed by atoms with van der Waals surface area (Å²) in [5.41, 5.74) is 1.51. The van der Waals surface area contributed by atoms with Crippen molar-refractivity contribution in [2.75, 3.05) is 6.61 Å². The number of nitrogens with zero attached hydrogens (tertiary/aromatic N) is 1. The highest BCUT2D eigenvalue weighted by molar-refractivity contribution is 7.80. The quantitative estimate of drug-likeness (QED) is 0.676. The van der Waals surface area contributed by atoms with Crippen LogP contribution < -0.4 is 15.6 Å². The first kappa shape index (κ1) is 20.6. The number of hydrogen-bond acceptors (Lipinski definition) is 3. The van der Waals surface area contributed by atoms with E-state index in [1.165, 1.54) is 12.8 Å². The molecule has 1 atom stereocenters. The van der Waals surface area contributed by atoms with Crippen molar-refractivity contribution in [3.8, 4) is 5.75 Å². The van der Waals surface area contributed by atoms with Gasteiger partial charge in [-0.1, -0.05) is 19.8 Å². The Kier molecular flexibility index (Phi) is 6.94. The number of nitrogens with one attached hydrogen (secondary N) is 2. The molecule has 2 aromatic rings. The SMILES string of the molecule is CCOc1ccc2[nH]c(=O)c(CN(C(=S)N[C@H](C)CC)C3CCCC3)cc2c1. The molecule has 1 fully saturated rings. The Morgan fingerprint density at radius 1 is 1.32 bits per heavy atom. The van der Waals surface area contributed by atoms with E-state index in [-0.39, 0.29) is 5.56 Å². The number of fused-ring (bicyclic) bond motifs is 1. The maximum atomic E-state index is 12.7. The molecule has 0 unspecified atom stereocenters. The number of H-pyrrole nitrogens is 1. The number of aromatic nitrogens is 1. The minimum Gasteiger partial charge on any atom is -0.494 e. The second kappa shape index (κ2) is 9.41. The van der Waals surface area contributed by atoms with E-state index in [1.807, 2.05) is 31.2 Å². The standard InChI is InChI=1S/C22H31N3O2S/c1-4-15(3)23-22(28)25(18-8-6-7-9-18)14-17-12-16-13-19(27-5-2)10-11-20(16)24-21(17)26/h10-13,15,18H,4-9,14H2,1-3H3,(H,23,28)(H,24,26)/t15-/m1/s1. The van der Waals surface area contributed by atoms with E-state index >= 15 is 0 Å². The van der Waals surface area contributed by atoms with Crippen molar-refractivity contribution in [2.45, 2.75) is 71.5 Å². The third-order valence-corrected chi connectivity index (χ3v) is 5.91. The minimum absolute atomic E-state index is 0.0500. The zero-order valence-electron chi connectivity index (χ0n) is 17.1. The lowest BCUT2D eigenvalue weighted by Crippen LogP contribution is -2.47. The predicted octanol–water partition coefficient (Wildman–Crippen LogP) is 4.34. The molecule has 0 radical (unpaired) electrons. The first-order chi connectivity index (χ1) is 13.5. The number of ether oxygens (including phenoxy) is 1. The van der Waals surface area contributed by atoms with E-state index in [1.54, 1.807) is 0 Å². The fraction of sp³-hybridized carbons (Fsp3) is 0.545. The molecule has 5 nitrogen and oxygen atoms in total. The van der Waals surface area contributed by atoms with Crippen LogP contribution in [0.25, 0.3) is 10.9 Å². The van der Waals surface area contributed by atoms with Crippen LogP contribution in [0, 0.1) is 0 Å². The molecule has 0 bridgehead atoms. The molecule has 2 N–H and O–H groups in total. The van der Waals surface area contributed by atoms with E-state index in [2.05, 4.69) is 29.0 Å². The smallest absolute Gasteiger partial charge is 0.253 e. The summed E-state index contributed by atoms with van der Waals surface area (Å²) < 4.78 is 5.61. The number of pyridine rings is 1. The fourth-order valence-corrected chi connectivity index (χ4v) is 4.18. The van der Waals surface area contributed by atoms with Crippen LogP contribution in [0.5, 0.6) is 5.75 Å². The third kappa shape index (κ3) is 4.85. The molecule has 1 saturated carbocycles. The van der Waals surface area contributed by atoms with Gasteiger partial charge < -0.3 is 19.9 Å². The molecule has 0 amide bonds. The summed E-state index contributed by atoms with van der Waals surface area (Å²) in [5.74, 6) is 0.814. The molecule has 0 aliphatic heterocycles. The van der Waals surface area contributed by atoms with Crippen LogP contribution in [0.1, 0.15) is 58.4 Å². The Hall–Kier alpha value is -2.08. The van der Waals surface area contributed by atoms with E-state index < -0.39 is 0 Å². The zero-order valence-corrected chi connectivity index (χ0v) is 17.9. The maximum Gasteiger partial charge on any atom is 0.253 e. The summed E-state index contributed by atoms with van der Waals surface area (Å²) in [4.78, 5) is 18.0. The van der Waals surface area contributed by atoms with Crippen molar-refractivity contribution in [3.05, 3.63) is 40.2 Å². The fourth-order valence-electron chi connectivity index (χ4n) is 3.77. The number of aromatic amines is 1. The Labute approximate surface area is 172 Å². The monoisotopic (exact) mass is 401 g/mol. The molecule has 1 aromatic heterocycles. The molecule has 1 aromatic carbocycles. The van der Waals surface area contributed by atoms with Crippen LogP contribution in [0.2, 0.25) is 0 Å². The molecule has 1 aliphatic rings. The van der Waals surface area contributed by atoms with Gasteiger partial charge in [0, 0.05) is 28.6 Å². The highest BCUT2D eigenvalue weighted by atomic mass is 32.1. The summed E-state index contributed by atoms with van der Waals surface area (Å²) >= 11 is 5.73. The van der Waals surface area contributed by atoms with Crippen molar-refractivity contribution in [3.63, 3.8) is 0 Å². The van der Waals surface area contributed by atoms with Gasteiger partial charge in [-0.25, -0.2) is 0 Å². The highest BCUT2D eigenvalue weighted by Crippen LogP contribution is 2.26. The molecule has 28 heavy (non-hydrogen) atoms. The Balaban J connectivity index is 1.90. The second-order valence-electron chi connectivity index (χ2n) is 7.63. The van der Waals surface area contributed by atoms with Crippen LogP contribution in [-0.2, 0) is 6.54 Å². The lowest BCUT2D eigenvalue weighted by atomic mass is 10.1. The van der Waals surface area contributed by atoms with Gasteiger partial charge >= 0.3 is 0 Å². The van der Waals surface area contributed by atoms with Gasteiger partial charge in [0.2, 0.25) is 0 Å². The van der Waals surface area contributed by atoms with Crippen LogP contribution in [0.15, 0.2) is 29.1 Å². The number of thiocarbonyl (C=S) groups is 1. The molecule has 1 heterocycles. The third-order valence-electron chi connectivity index (χ3n) is 5.55. The summed E-state index contributed by atoms with van der Waals surface area (Å²) in [6.07, 6.45) is 5.71. The predicted molar refractivity (Wildman–Crippen MR) is 119 cm³/mol. The zero-order chi connectivity index (χ0) is 20.1. The Morgan fingerprint density at radius 2 is 2.07 bits per heavy atom. The topological polar surface area (TPSA) is 57.4 Å². The van der Waals surface area contributed by atoms with Gasteiger partial charge in [-0.2, -0.15) is 0 Å². The largest absolute Gasteiger partial charge is 0.494 e. The summed E-state index contributed by atoms with van der Waals surface area (Å²) in [6.45, 7) is 7.39. The molecule has 6 heteroatoms. The molecule has 0 spiro atoms. The van der Waals surface area contributed by atoms with Crippen molar-refractivity contribution in [2.24, 2.45) is 0 Å². The normalized spacial score (nSPS) is 15.5.